The number of carbonyl (C=O) groups excluding carboxylic acids is 1. The molecule has 1 heterocycles. The average Bonchev–Trinajstić information content (AvgIpc) is 2.69. The van der Waals surface area contributed by atoms with Gasteiger partial charge < -0.3 is 19.5 Å². The maximum Gasteiger partial charge on any atom is 0.238 e. The molecule has 1 unspecified atom stereocenters. The zero-order valence-corrected chi connectivity index (χ0v) is 17.2. The molecule has 1 N–H and O–H groups in total. The molecule has 0 aromatic heterocycles. The predicted molar refractivity (Wildman–Crippen MR) is 110 cm³/mol. The molecule has 0 spiro atoms. The average molecular weight is 425 g/mol. The number of hydrogen-bond donors (Lipinski definition) is 1. The molecule has 1 amide bonds. The van der Waals surface area contributed by atoms with Gasteiger partial charge in [0.2, 0.25) is 5.91 Å². The summed E-state index contributed by atoms with van der Waals surface area (Å²) in [6, 6.07) is 10.8. The fourth-order valence-electron chi connectivity index (χ4n) is 3.08. The first-order valence-corrected chi connectivity index (χ1v) is 9.56. The second kappa shape index (κ2) is 9.47. The van der Waals surface area contributed by atoms with Crippen LogP contribution in [0.1, 0.15) is 11.7 Å². The van der Waals surface area contributed by atoms with Gasteiger partial charge in [0.15, 0.2) is 0 Å². The molecule has 1 fully saturated rings. The summed E-state index contributed by atoms with van der Waals surface area (Å²) in [7, 11) is 3.04. The Bertz CT molecular complexity index is 830. The largest absolute Gasteiger partial charge is 0.495 e. The van der Waals surface area contributed by atoms with Crippen molar-refractivity contribution in [2.45, 2.75) is 6.10 Å². The summed E-state index contributed by atoms with van der Waals surface area (Å²) in [4.78, 5) is 14.6. The van der Waals surface area contributed by atoms with Crippen LogP contribution in [0.2, 0.25) is 10.0 Å². The van der Waals surface area contributed by atoms with Crippen molar-refractivity contribution in [2.75, 3.05) is 45.8 Å². The third kappa shape index (κ3) is 5.08. The van der Waals surface area contributed by atoms with Crippen LogP contribution >= 0.6 is 23.2 Å². The molecule has 3 rings (SSSR count). The standard InChI is InChI=1S/C20H22Cl2N2O4/c1-26-17-10-16(18(27-2)9-15(17)22)23-20(25)12-24-7-8-28-19(11-24)13-3-5-14(21)6-4-13/h3-6,9-10,19H,7-8,11-12H2,1-2H3,(H,23,25). The number of carbonyl (C=O) groups is 1. The highest BCUT2D eigenvalue weighted by Gasteiger charge is 2.24. The number of ether oxygens (including phenoxy) is 3. The summed E-state index contributed by atoms with van der Waals surface area (Å²) in [6.07, 6.45) is -0.0935. The van der Waals surface area contributed by atoms with Crippen LogP contribution in [-0.4, -0.2) is 51.3 Å². The number of halogens is 2. The number of nitrogens with one attached hydrogen (secondary N) is 1. The first-order valence-electron chi connectivity index (χ1n) is 8.81. The smallest absolute Gasteiger partial charge is 0.238 e. The van der Waals surface area contributed by atoms with Crippen LogP contribution in [-0.2, 0) is 9.53 Å². The Morgan fingerprint density at radius 3 is 2.57 bits per heavy atom. The lowest BCUT2D eigenvalue weighted by atomic mass is 10.1. The predicted octanol–water partition coefficient (Wildman–Crippen LogP) is 4.02. The highest BCUT2D eigenvalue weighted by atomic mass is 35.5. The zero-order chi connectivity index (χ0) is 20.1. The molecule has 1 aliphatic heterocycles. The first-order chi connectivity index (χ1) is 13.5. The van der Waals surface area contributed by atoms with E-state index in [9.17, 15) is 4.79 Å². The van der Waals surface area contributed by atoms with E-state index in [-0.39, 0.29) is 18.6 Å². The van der Waals surface area contributed by atoms with Crippen LogP contribution < -0.4 is 14.8 Å². The summed E-state index contributed by atoms with van der Waals surface area (Å²) in [6.45, 7) is 2.09. The molecular formula is C20H22Cl2N2O4. The Hall–Kier alpha value is -1.99. The SMILES string of the molecule is COc1cc(NC(=O)CN2CCOC(c3ccc(Cl)cc3)C2)c(OC)cc1Cl. The number of anilines is 1. The van der Waals surface area contributed by atoms with E-state index in [1.165, 1.54) is 14.2 Å². The highest BCUT2D eigenvalue weighted by Crippen LogP contribution is 2.35. The maximum atomic E-state index is 12.6. The van der Waals surface area contributed by atoms with E-state index < -0.39 is 0 Å². The van der Waals surface area contributed by atoms with Crippen LogP contribution in [0.15, 0.2) is 36.4 Å². The van der Waals surface area contributed by atoms with Crippen molar-refractivity contribution in [1.29, 1.82) is 0 Å². The normalized spacial score (nSPS) is 17.2. The molecule has 0 radical (unpaired) electrons. The molecule has 2 aromatic rings. The molecular weight excluding hydrogens is 403 g/mol. The van der Waals surface area contributed by atoms with Gasteiger partial charge in [-0.1, -0.05) is 35.3 Å². The van der Waals surface area contributed by atoms with Gasteiger partial charge >= 0.3 is 0 Å². The summed E-state index contributed by atoms with van der Waals surface area (Å²) in [5.74, 6) is 0.784. The van der Waals surface area contributed by atoms with Gasteiger partial charge in [-0.05, 0) is 17.7 Å². The Morgan fingerprint density at radius 2 is 1.89 bits per heavy atom. The molecule has 150 valence electrons. The van der Waals surface area contributed by atoms with E-state index in [1.54, 1.807) is 12.1 Å². The van der Waals surface area contributed by atoms with E-state index in [2.05, 4.69) is 10.2 Å². The fraction of sp³-hybridized carbons (Fsp3) is 0.350. The Balaban J connectivity index is 1.64. The second-order valence-corrected chi connectivity index (χ2v) is 7.22. The minimum atomic E-state index is -0.153. The van der Waals surface area contributed by atoms with E-state index in [0.29, 0.717) is 46.9 Å². The van der Waals surface area contributed by atoms with Crippen molar-refractivity contribution in [2.24, 2.45) is 0 Å². The quantitative estimate of drug-likeness (QED) is 0.758. The second-order valence-electron chi connectivity index (χ2n) is 6.38. The molecule has 28 heavy (non-hydrogen) atoms. The number of hydrogen-bond acceptors (Lipinski definition) is 5. The third-order valence-corrected chi connectivity index (χ3v) is 5.05. The van der Waals surface area contributed by atoms with Gasteiger partial charge in [0, 0.05) is 30.2 Å². The number of amides is 1. The number of rotatable bonds is 6. The van der Waals surface area contributed by atoms with Crippen LogP contribution in [0.3, 0.4) is 0 Å². The van der Waals surface area contributed by atoms with E-state index in [0.717, 1.165) is 5.56 Å². The fourth-order valence-corrected chi connectivity index (χ4v) is 3.43. The molecule has 0 saturated carbocycles. The number of methoxy groups -OCH3 is 2. The molecule has 0 bridgehead atoms. The van der Waals surface area contributed by atoms with Gasteiger partial charge in [-0.25, -0.2) is 0 Å². The van der Waals surface area contributed by atoms with Gasteiger partial charge in [-0.15, -0.1) is 0 Å². The lowest BCUT2D eigenvalue weighted by Crippen LogP contribution is -2.42. The minimum absolute atomic E-state index is 0.0935. The van der Waals surface area contributed by atoms with Gasteiger partial charge in [0.1, 0.15) is 11.5 Å². The van der Waals surface area contributed by atoms with E-state index >= 15 is 0 Å². The summed E-state index contributed by atoms with van der Waals surface area (Å²) in [5.41, 5.74) is 1.55. The maximum absolute atomic E-state index is 12.6. The van der Waals surface area contributed by atoms with E-state index in [1.807, 2.05) is 24.3 Å². The van der Waals surface area contributed by atoms with Crippen molar-refractivity contribution in [1.82, 2.24) is 4.90 Å². The number of benzene rings is 2. The molecule has 1 aliphatic rings. The summed E-state index contributed by atoms with van der Waals surface area (Å²) in [5, 5.41) is 3.97. The summed E-state index contributed by atoms with van der Waals surface area (Å²) >= 11 is 12.1. The molecule has 0 aliphatic carbocycles. The first kappa shape index (κ1) is 20.7. The third-order valence-electron chi connectivity index (χ3n) is 4.51. The van der Waals surface area contributed by atoms with E-state index in [4.69, 9.17) is 37.4 Å². The Kier molecular flexibility index (Phi) is 7.02. The van der Waals surface area contributed by atoms with Crippen molar-refractivity contribution < 1.29 is 19.0 Å². The Labute approximate surface area is 174 Å². The Morgan fingerprint density at radius 1 is 1.18 bits per heavy atom. The topological polar surface area (TPSA) is 60.0 Å². The molecule has 2 aromatic carbocycles. The highest BCUT2D eigenvalue weighted by molar-refractivity contribution is 6.32. The van der Waals surface area contributed by atoms with Crippen LogP contribution in [0.25, 0.3) is 0 Å². The summed E-state index contributed by atoms with van der Waals surface area (Å²) < 4.78 is 16.4. The minimum Gasteiger partial charge on any atom is -0.495 e. The van der Waals surface area contributed by atoms with Crippen molar-refractivity contribution in [3.63, 3.8) is 0 Å². The van der Waals surface area contributed by atoms with Gasteiger partial charge in [0.25, 0.3) is 0 Å². The number of nitrogens with zero attached hydrogens (tertiary/aromatic N) is 1. The zero-order valence-electron chi connectivity index (χ0n) is 15.7. The van der Waals surface area contributed by atoms with Crippen LogP contribution in [0, 0.1) is 0 Å². The van der Waals surface area contributed by atoms with Gasteiger partial charge in [0.05, 0.1) is 44.2 Å². The van der Waals surface area contributed by atoms with Crippen LogP contribution in [0.4, 0.5) is 5.69 Å². The van der Waals surface area contributed by atoms with Gasteiger partial charge in [-0.3, -0.25) is 9.69 Å². The molecule has 8 heteroatoms. The lowest BCUT2D eigenvalue weighted by molar-refractivity contribution is -0.119. The lowest BCUT2D eigenvalue weighted by Gasteiger charge is -2.32. The van der Waals surface area contributed by atoms with Crippen LogP contribution in [0.5, 0.6) is 11.5 Å². The van der Waals surface area contributed by atoms with Crippen molar-refractivity contribution in [3.05, 3.63) is 52.0 Å². The van der Waals surface area contributed by atoms with Gasteiger partial charge in [-0.2, -0.15) is 0 Å². The van der Waals surface area contributed by atoms with Crippen molar-refractivity contribution in [3.8, 4) is 11.5 Å². The molecule has 1 atom stereocenters. The molecule has 6 nitrogen and oxygen atoms in total. The monoisotopic (exact) mass is 424 g/mol. The number of morpholine rings is 1. The molecule has 1 saturated heterocycles. The van der Waals surface area contributed by atoms with Crippen molar-refractivity contribution >= 4 is 34.8 Å².